The van der Waals surface area contributed by atoms with Crippen molar-refractivity contribution in [3.63, 3.8) is 0 Å². The summed E-state index contributed by atoms with van der Waals surface area (Å²) in [5.74, 6) is 0.339. The van der Waals surface area contributed by atoms with Gasteiger partial charge in [-0.2, -0.15) is 0 Å². The first-order chi connectivity index (χ1) is 14.0. The number of carbonyl (C=O) groups is 1. The summed E-state index contributed by atoms with van der Waals surface area (Å²) in [5, 5.41) is 6.76. The quantitative estimate of drug-likeness (QED) is 0.405. The molecule has 4 aromatic rings. The van der Waals surface area contributed by atoms with Crippen molar-refractivity contribution in [3.8, 4) is 11.3 Å². The maximum Gasteiger partial charge on any atom is 0.374 e. The summed E-state index contributed by atoms with van der Waals surface area (Å²) < 4.78 is 5.82. The second-order valence-electron chi connectivity index (χ2n) is 6.71. The molecule has 4 rings (SSSR count). The number of methoxy groups -OCH3 is 1. The van der Waals surface area contributed by atoms with E-state index < -0.39 is 5.97 Å². The van der Waals surface area contributed by atoms with Crippen molar-refractivity contribution in [2.75, 3.05) is 17.7 Å². The van der Waals surface area contributed by atoms with E-state index in [1.165, 1.54) is 7.11 Å². The Hall–Kier alpha value is -3.46. The van der Waals surface area contributed by atoms with E-state index in [-0.39, 0.29) is 11.9 Å². The minimum atomic E-state index is -0.515. The molecular weight excluding hydrogens is 388 g/mol. The molecular formula is C20H20N6O2S. The molecule has 0 aliphatic carbocycles. The minimum absolute atomic E-state index is 0.151. The maximum atomic E-state index is 11.7. The summed E-state index contributed by atoms with van der Waals surface area (Å²) in [6.45, 7) is 4.11. The molecule has 1 aromatic carbocycles. The predicted octanol–water partition coefficient (Wildman–Crippen LogP) is 4.43. The van der Waals surface area contributed by atoms with E-state index in [0.717, 1.165) is 27.2 Å². The van der Waals surface area contributed by atoms with Crippen LogP contribution in [0.4, 0.5) is 17.2 Å². The lowest BCUT2D eigenvalue weighted by Gasteiger charge is -2.16. The molecule has 0 fully saturated rings. The van der Waals surface area contributed by atoms with Gasteiger partial charge >= 0.3 is 5.97 Å². The number of carbonyl (C=O) groups excluding carboxylic acids is 1. The van der Waals surface area contributed by atoms with Crippen LogP contribution in [0.15, 0.2) is 42.2 Å². The maximum absolute atomic E-state index is 11.7. The van der Waals surface area contributed by atoms with E-state index in [4.69, 9.17) is 4.74 Å². The Morgan fingerprint density at radius 1 is 1.17 bits per heavy atom. The van der Waals surface area contributed by atoms with Gasteiger partial charge in [0.25, 0.3) is 0 Å². The highest BCUT2D eigenvalue weighted by molar-refractivity contribution is 7.16. The lowest BCUT2D eigenvalue weighted by atomic mass is 10.1. The average Bonchev–Trinajstić information content (AvgIpc) is 3.36. The van der Waals surface area contributed by atoms with E-state index in [0.29, 0.717) is 11.5 Å². The number of H-pyrrole nitrogens is 1. The van der Waals surface area contributed by atoms with Gasteiger partial charge in [0.05, 0.1) is 34.7 Å². The van der Waals surface area contributed by atoms with E-state index in [1.54, 1.807) is 23.7 Å². The van der Waals surface area contributed by atoms with E-state index in [2.05, 4.69) is 50.5 Å². The monoisotopic (exact) mass is 408 g/mol. The Balaban J connectivity index is 1.66. The smallest absolute Gasteiger partial charge is 0.374 e. The fourth-order valence-electron chi connectivity index (χ4n) is 2.91. The van der Waals surface area contributed by atoms with Crippen LogP contribution in [0.2, 0.25) is 0 Å². The molecule has 29 heavy (non-hydrogen) atoms. The Morgan fingerprint density at radius 2 is 2.03 bits per heavy atom. The molecule has 0 saturated carbocycles. The van der Waals surface area contributed by atoms with Gasteiger partial charge in [0, 0.05) is 35.2 Å². The second kappa shape index (κ2) is 7.88. The summed E-state index contributed by atoms with van der Waals surface area (Å²) in [7, 11) is 1.32. The van der Waals surface area contributed by atoms with Crippen molar-refractivity contribution in [1.29, 1.82) is 0 Å². The van der Waals surface area contributed by atoms with Crippen LogP contribution in [0, 0.1) is 0 Å². The summed E-state index contributed by atoms with van der Waals surface area (Å²) in [6.07, 6.45) is 3.34. The van der Waals surface area contributed by atoms with Crippen LogP contribution in [0.25, 0.3) is 21.5 Å². The molecule has 0 saturated heterocycles. The summed E-state index contributed by atoms with van der Waals surface area (Å²) >= 11 is 1.60. The van der Waals surface area contributed by atoms with Crippen LogP contribution in [-0.4, -0.2) is 39.1 Å². The Morgan fingerprint density at radius 3 is 2.83 bits per heavy atom. The zero-order chi connectivity index (χ0) is 20.4. The normalized spacial score (nSPS) is 11.0. The number of ether oxygens (including phenoxy) is 1. The number of fused-ring (bicyclic) bond motifs is 1. The molecule has 0 spiro atoms. The first kappa shape index (κ1) is 18.9. The fraction of sp³-hybridized carbons (Fsp3) is 0.200. The number of benzene rings is 1. The molecule has 0 bridgehead atoms. The zero-order valence-electron chi connectivity index (χ0n) is 16.2. The second-order valence-corrected chi connectivity index (χ2v) is 7.60. The van der Waals surface area contributed by atoms with Gasteiger partial charge in [-0.05, 0) is 32.0 Å². The highest BCUT2D eigenvalue weighted by Gasteiger charge is 2.15. The number of anilines is 3. The number of aromatic nitrogens is 4. The molecule has 0 unspecified atom stereocenters. The van der Waals surface area contributed by atoms with Crippen molar-refractivity contribution in [2.45, 2.75) is 19.9 Å². The largest absolute Gasteiger partial charge is 0.463 e. The molecule has 148 valence electrons. The van der Waals surface area contributed by atoms with Crippen LogP contribution in [-0.2, 0) is 4.74 Å². The molecule has 3 heterocycles. The Labute approximate surface area is 171 Å². The number of hydrogen-bond donors (Lipinski definition) is 3. The van der Waals surface area contributed by atoms with Gasteiger partial charge in [-0.1, -0.05) is 0 Å². The van der Waals surface area contributed by atoms with Crippen LogP contribution in [0.1, 0.15) is 24.5 Å². The van der Waals surface area contributed by atoms with Crippen LogP contribution in [0.5, 0.6) is 0 Å². The van der Waals surface area contributed by atoms with E-state index in [9.17, 15) is 4.79 Å². The number of rotatable bonds is 6. The third-order valence-corrected chi connectivity index (χ3v) is 4.99. The van der Waals surface area contributed by atoms with E-state index >= 15 is 0 Å². The van der Waals surface area contributed by atoms with Crippen molar-refractivity contribution in [3.05, 3.63) is 48.0 Å². The van der Waals surface area contributed by atoms with Crippen molar-refractivity contribution >= 4 is 44.7 Å². The molecule has 0 atom stereocenters. The average molecular weight is 408 g/mol. The first-order valence-corrected chi connectivity index (χ1v) is 9.92. The molecule has 0 radical (unpaired) electrons. The molecule has 3 N–H and O–H groups in total. The topological polar surface area (TPSA) is 105 Å². The van der Waals surface area contributed by atoms with Crippen molar-refractivity contribution in [2.24, 2.45) is 0 Å². The van der Waals surface area contributed by atoms with Gasteiger partial charge in [-0.15, -0.1) is 11.3 Å². The lowest BCUT2D eigenvalue weighted by Crippen LogP contribution is -2.11. The van der Waals surface area contributed by atoms with Gasteiger partial charge < -0.3 is 20.4 Å². The number of thiazole rings is 1. The SMILES string of the molecule is COC(=O)c1ncc(-c2cnc(Nc3ccc4ncsc4c3)cc2NC(C)C)[nH]1. The van der Waals surface area contributed by atoms with Gasteiger partial charge in [0.2, 0.25) is 5.82 Å². The lowest BCUT2D eigenvalue weighted by molar-refractivity contribution is 0.0588. The summed E-state index contributed by atoms with van der Waals surface area (Å²) in [5.41, 5.74) is 6.11. The van der Waals surface area contributed by atoms with Crippen LogP contribution in [0.3, 0.4) is 0 Å². The number of nitrogens with zero attached hydrogens (tertiary/aromatic N) is 3. The van der Waals surface area contributed by atoms with E-state index in [1.807, 2.05) is 23.7 Å². The van der Waals surface area contributed by atoms with Crippen LogP contribution >= 0.6 is 11.3 Å². The Bertz CT molecular complexity index is 1170. The molecule has 3 aromatic heterocycles. The van der Waals surface area contributed by atoms with Crippen molar-refractivity contribution in [1.82, 2.24) is 19.9 Å². The molecule has 0 aliphatic heterocycles. The molecule has 0 aliphatic rings. The predicted molar refractivity (Wildman–Crippen MR) is 115 cm³/mol. The number of pyridine rings is 1. The van der Waals surface area contributed by atoms with Gasteiger partial charge in [0.15, 0.2) is 0 Å². The van der Waals surface area contributed by atoms with Crippen LogP contribution < -0.4 is 10.6 Å². The first-order valence-electron chi connectivity index (χ1n) is 9.04. The fourth-order valence-corrected chi connectivity index (χ4v) is 3.62. The zero-order valence-corrected chi connectivity index (χ0v) is 17.0. The van der Waals surface area contributed by atoms with Crippen molar-refractivity contribution < 1.29 is 9.53 Å². The molecule has 9 heteroatoms. The summed E-state index contributed by atoms with van der Waals surface area (Å²) in [4.78, 5) is 27.6. The third kappa shape index (κ3) is 4.04. The molecule has 0 amide bonds. The number of hydrogen-bond acceptors (Lipinski definition) is 8. The molecule has 8 nitrogen and oxygen atoms in total. The number of nitrogens with one attached hydrogen (secondary N) is 3. The highest BCUT2D eigenvalue weighted by Crippen LogP contribution is 2.30. The van der Waals surface area contributed by atoms with Gasteiger partial charge in [-0.3, -0.25) is 0 Å². The summed E-state index contributed by atoms with van der Waals surface area (Å²) in [6, 6.07) is 8.15. The van der Waals surface area contributed by atoms with Gasteiger partial charge in [-0.25, -0.2) is 19.7 Å². The Kier molecular flexibility index (Phi) is 5.13. The standard InChI is InChI=1S/C20H20N6O2S/c1-11(2)24-15-7-18(25-12-4-5-14-17(6-12)29-10-23-14)21-8-13(15)16-9-22-19(26-16)20(27)28-3/h4-11H,1-3H3,(H,22,26)(H2,21,24,25). The number of aromatic amines is 1. The van der Waals surface area contributed by atoms with Gasteiger partial charge in [0.1, 0.15) is 5.82 Å². The third-order valence-electron chi connectivity index (χ3n) is 4.20. The number of imidazole rings is 1. The number of esters is 1. The highest BCUT2D eigenvalue weighted by atomic mass is 32.1. The minimum Gasteiger partial charge on any atom is -0.463 e.